The van der Waals surface area contributed by atoms with Crippen LogP contribution in [-0.4, -0.2) is 60.2 Å². The zero-order chi connectivity index (χ0) is 25.1. The van der Waals surface area contributed by atoms with Crippen molar-refractivity contribution >= 4 is 17.8 Å². The fraction of sp³-hybridized carbons (Fsp3) is 0.577. The number of hydrogen-bond donors (Lipinski definition) is 3. The molecule has 1 unspecified atom stereocenters. The summed E-state index contributed by atoms with van der Waals surface area (Å²) >= 11 is 0. The molecule has 0 spiro atoms. The molecule has 1 heterocycles. The van der Waals surface area contributed by atoms with Gasteiger partial charge >= 0.3 is 5.97 Å². The molecule has 8 heteroatoms. The Morgan fingerprint density at radius 2 is 1.79 bits per heavy atom. The Kier molecular flexibility index (Phi) is 11.2. The Labute approximate surface area is 202 Å². The Bertz CT molecular complexity index is 806. The number of likely N-dealkylation sites (tertiary alicyclic amines) is 1. The van der Waals surface area contributed by atoms with Crippen LogP contribution < -0.4 is 10.8 Å². The third kappa shape index (κ3) is 8.57. The highest BCUT2D eigenvalue weighted by Crippen LogP contribution is 2.25. The van der Waals surface area contributed by atoms with Crippen molar-refractivity contribution in [1.82, 2.24) is 15.7 Å². The van der Waals surface area contributed by atoms with E-state index < -0.39 is 35.7 Å². The maximum absolute atomic E-state index is 13.4. The minimum Gasteiger partial charge on any atom is -0.461 e. The number of nitrogens with one attached hydrogen (secondary N) is 2. The predicted molar refractivity (Wildman–Crippen MR) is 130 cm³/mol. The molecule has 1 aromatic rings. The first-order valence-corrected chi connectivity index (χ1v) is 12.0. The Morgan fingerprint density at radius 3 is 2.35 bits per heavy atom. The average molecular weight is 474 g/mol. The molecule has 2 amide bonds. The van der Waals surface area contributed by atoms with Gasteiger partial charge in [-0.1, -0.05) is 50.3 Å². The monoisotopic (exact) mass is 473 g/mol. The van der Waals surface area contributed by atoms with Crippen LogP contribution in [0.25, 0.3) is 0 Å². The van der Waals surface area contributed by atoms with Gasteiger partial charge in [0.05, 0.1) is 11.8 Å². The molecule has 0 bridgehead atoms. The number of amides is 2. The van der Waals surface area contributed by atoms with Crippen molar-refractivity contribution in [3.8, 4) is 0 Å². The van der Waals surface area contributed by atoms with Crippen molar-refractivity contribution in [1.29, 1.82) is 0 Å². The fourth-order valence-electron chi connectivity index (χ4n) is 4.35. The first kappa shape index (κ1) is 27.5. The van der Waals surface area contributed by atoms with E-state index in [4.69, 9.17) is 4.74 Å². The number of allylic oxidation sites excluding steroid dienone is 1. The molecule has 3 N–H and O–H groups in total. The lowest BCUT2D eigenvalue weighted by Gasteiger charge is -2.31. The van der Waals surface area contributed by atoms with E-state index in [1.165, 1.54) is 0 Å². The van der Waals surface area contributed by atoms with Gasteiger partial charge in [0.1, 0.15) is 12.1 Å². The lowest BCUT2D eigenvalue weighted by molar-refractivity contribution is -0.155. The van der Waals surface area contributed by atoms with Gasteiger partial charge in [-0.15, -0.1) is 6.58 Å². The van der Waals surface area contributed by atoms with Gasteiger partial charge < -0.3 is 15.0 Å². The summed E-state index contributed by atoms with van der Waals surface area (Å²) in [7, 11) is 2.04. The lowest BCUT2D eigenvalue weighted by Crippen LogP contribution is -2.50. The predicted octanol–water partition coefficient (Wildman–Crippen LogP) is 2.71. The summed E-state index contributed by atoms with van der Waals surface area (Å²) < 4.78 is 5.80. The molecule has 2 rings (SSSR count). The quantitative estimate of drug-likeness (QED) is 0.186. The average Bonchev–Trinajstić information content (AvgIpc) is 2.82. The normalized spacial score (nSPS) is 17.4. The zero-order valence-corrected chi connectivity index (χ0v) is 20.5. The van der Waals surface area contributed by atoms with E-state index >= 15 is 0 Å². The van der Waals surface area contributed by atoms with Gasteiger partial charge in [-0.05, 0) is 44.2 Å². The van der Waals surface area contributed by atoms with E-state index in [9.17, 15) is 19.6 Å². The van der Waals surface area contributed by atoms with Crippen LogP contribution in [0.5, 0.6) is 0 Å². The molecule has 34 heavy (non-hydrogen) atoms. The number of rotatable bonds is 12. The minimum atomic E-state index is -0.884. The Morgan fingerprint density at radius 1 is 1.15 bits per heavy atom. The van der Waals surface area contributed by atoms with Crippen molar-refractivity contribution < 1.29 is 24.3 Å². The summed E-state index contributed by atoms with van der Waals surface area (Å²) in [4.78, 5) is 41.1. The number of hydroxylamine groups is 1. The van der Waals surface area contributed by atoms with Gasteiger partial charge in [0, 0.05) is 19.5 Å². The van der Waals surface area contributed by atoms with Crippen LogP contribution in [0.15, 0.2) is 43.0 Å². The number of hydrogen-bond acceptors (Lipinski definition) is 6. The number of benzene rings is 1. The van der Waals surface area contributed by atoms with Crippen LogP contribution in [0.4, 0.5) is 0 Å². The molecule has 8 nitrogen and oxygen atoms in total. The largest absolute Gasteiger partial charge is 0.461 e. The minimum absolute atomic E-state index is 0.119. The van der Waals surface area contributed by atoms with Crippen LogP contribution in [0, 0.1) is 17.8 Å². The van der Waals surface area contributed by atoms with Gasteiger partial charge in [0.2, 0.25) is 11.8 Å². The molecule has 0 saturated carbocycles. The number of ether oxygens (including phenoxy) is 1. The highest BCUT2D eigenvalue weighted by atomic mass is 16.5. The number of carbonyl (C=O) groups is 3. The van der Waals surface area contributed by atoms with E-state index in [0.29, 0.717) is 6.42 Å². The van der Waals surface area contributed by atoms with E-state index in [2.05, 4.69) is 16.8 Å². The first-order chi connectivity index (χ1) is 16.2. The van der Waals surface area contributed by atoms with Crippen molar-refractivity contribution in [2.24, 2.45) is 17.8 Å². The van der Waals surface area contributed by atoms with Gasteiger partial charge in [0.25, 0.3) is 0 Å². The lowest BCUT2D eigenvalue weighted by atomic mass is 9.82. The number of piperidine rings is 1. The molecule has 188 valence electrons. The SMILES string of the molecule is C=CC[C@H](C(=O)NO)[C@@H](CC(C)C)C(=O)NC(Cc1ccccc1)C(=O)OC1CCN(C)CC1. The van der Waals surface area contributed by atoms with Crippen LogP contribution >= 0.6 is 0 Å². The third-order valence-corrected chi connectivity index (χ3v) is 6.25. The molecule has 3 atom stereocenters. The molecule has 0 aromatic heterocycles. The maximum Gasteiger partial charge on any atom is 0.329 e. The Hall–Kier alpha value is -2.71. The van der Waals surface area contributed by atoms with Crippen LogP contribution in [-0.2, 0) is 25.5 Å². The summed E-state index contributed by atoms with van der Waals surface area (Å²) in [5, 5.41) is 12.1. The van der Waals surface area contributed by atoms with Gasteiger partial charge in [-0.25, -0.2) is 10.3 Å². The number of nitrogens with zero attached hydrogens (tertiary/aromatic N) is 1. The molecule has 1 saturated heterocycles. The summed E-state index contributed by atoms with van der Waals surface area (Å²) in [6.45, 7) is 9.30. The van der Waals surface area contributed by atoms with E-state index in [1.54, 1.807) is 11.6 Å². The summed E-state index contributed by atoms with van der Waals surface area (Å²) in [6.07, 6.45) is 3.80. The second-order valence-electron chi connectivity index (χ2n) is 9.53. The molecule has 1 aliphatic rings. The van der Waals surface area contributed by atoms with Crippen molar-refractivity contribution in [3.05, 3.63) is 48.6 Å². The number of carbonyl (C=O) groups excluding carboxylic acids is 3. The van der Waals surface area contributed by atoms with E-state index in [-0.39, 0.29) is 24.9 Å². The molecule has 1 aliphatic heterocycles. The standard InChI is InChI=1S/C26H39N3O5/c1-5-9-21(25(31)28-33)22(16-18(2)3)24(30)27-23(17-19-10-7-6-8-11-19)26(32)34-20-12-14-29(4)15-13-20/h5-8,10-11,18,20-23,33H,1,9,12-17H2,2-4H3,(H,27,30)(H,28,31)/t21-,22+,23?/m0/s1. The van der Waals surface area contributed by atoms with Crippen molar-refractivity contribution in [3.63, 3.8) is 0 Å². The van der Waals surface area contributed by atoms with Crippen LogP contribution in [0.2, 0.25) is 0 Å². The Balaban J connectivity index is 2.23. The van der Waals surface area contributed by atoms with Crippen LogP contribution in [0.3, 0.4) is 0 Å². The first-order valence-electron chi connectivity index (χ1n) is 12.0. The van der Waals surface area contributed by atoms with Crippen molar-refractivity contribution in [2.45, 2.75) is 58.1 Å². The molecular formula is C26H39N3O5. The van der Waals surface area contributed by atoms with Crippen molar-refractivity contribution in [2.75, 3.05) is 20.1 Å². The summed E-state index contributed by atoms with van der Waals surface area (Å²) in [6, 6.07) is 8.56. The topological polar surface area (TPSA) is 108 Å². The molecule has 1 fully saturated rings. The van der Waals surface area contributed by atoms with E-state index in [0.717, 1.165) is 31.5 Å². The zero-order valence-electron chi connectivity index (χ0n) is 20.5. The number of esters is 1. The van der Waals surface area contributed by atoms with Gasteiger partial charge in [-0.2, -0.15) is 0 Å². The smallest absolute Gasteiger partial charge is 0.329 e. The summed E-state index contributed by atoms with van der Waals surface area (Å²) in [5.41, 5.74) is 2.56. The van der Waals surface area contributed by atoms with E-state index in [1.807, 2.05) is 51.2 Å². The maximum atomic E-state index is 13.4. The molecule has 1 aromatic carbocycles. The van der Waals surface area contributed by atoms with Crippen LogP contribution in [0.1, 0.15) is 45.1 Å². The second kappa shape index (κ2) is 13.9. The summed E-state index contributed by atoms with van der Waals surface area (Å²) in [5.74, 6) is -2.94. The van der Waals surface area contributed by atoms with Gasteiger partial charge in [-0.3, -0.25) is 14.8 Å². The van der Waals surface area contributed by atoms with Gasteiger partial charge in [0.15, 0.2) is 0 Å². The fourth-order valence-corrected chi connectivity index (χ4v) is 4.35. The highest BCUT2D eigenvalue weighted by Gasteiger charge is 2.36. The second-order valence-corrected chi connectivity index (χ2v) is 9.53. The molecule has 0 radical (unpaired) electrons. The molecular weight excluding hydrogens is 434 g/mol. The molecule has 0 aliphatic carbocycles. The highest BCUT2D eigenvalue weighted by molar-refractivity contribution is 5.90. The third-order valence-electron chi connectivity index (χ3n) is 6.25.